The number of unbranched alkanes of at least 4 members (excludes halogenated alkanes) is 7. The molecule has 1 aliphatic rings. The summed E-state index contributed by atoms with van der Waals surface area (Å²) >= 11 is 3.01. The number of nitriles is 2. The van der Waals surface area contributed by atoms with Gasteiger partial charge in [0.05, 0.1) is 76.8 Å². The molecule has 5 aromatic rings. The van der Waals surface area contributed by atoms with Gasteiger partial charge in [0.2, 0.25) is 5.70 Å². The quantitative estimate of drug-likeness (QED) is 0.00737. The summed E-state index contributed by atoms with van der Waals surface area (Å²) in [5, 5.41) is 29.4. The Morgan fingerprint density at radius 3 is 1.66 bits per heavy atom. The van der Waals surface area contributed by atoms with Crippen LogP contribution in [0.25, 0.3) is 35.2 Å². The molecule has 0 aliphatic carbocycles. The number of carboxylic acids is 1. The predicted molar refractivity (Wildman–Crippen MR) is 362 cm³/mol. The van der Waals surface area contributed by atoms with Gasteiger partial charge < -0.3 is 43.2 Å². The minimum atomic E-state index is -2.57. The molecule has 94 heavy (non-hydrogen) atoms. The predicted octanol–water partition coefficient (Wildman–Crippen LogP) is 19.4. The first-order valence-electron chi connectivity index (χ1n) is 32.0. The highest BCUT2D eigenvalue weighted by atomic mass is 32.1. The molecule has 1 aliphatic heterocycles. The molecule has 0 spiro atoms. The fourth-order valence-electron chi connectivity index (χ4n) is 9.71. The van der Waals surface area contributed by atoms with Crippen molar-refractivity contribution in [3.63, 3.8) is 0 Å². The Balaban J connectivity index is 1.24. The van der Waals surface area contributed by atoms with E-state index in [0.717, 1.165) is 110 Å². The van der Waals surface area contributed by atoms with E-state index in [0.29, 0.717) is 78.3 Å². The molecule has 2 aromatic heterocycles. The van der Waals surface area contributed by atoms with Gasteiger partial charge in [-0.25, -0.2) is 24.2 Å². The number of ether oxygens (including phenoxy) is 7. The second kappa shape index (κ2) is 39.7. The fraction of sp³-hybridized carbons (Fsp3) is 0.411. The molecule has 1 N–H and O–H groups in total. The molecule has 500 valence electrons. The molecule has 6 rings (SSSR count). The van der Waals surface area contributed by atoms with Crippen LogP contribution in [-0.2, 0) is 25.9 Å². The van der Waals surface area contributed by atoms with Crippen molar-refractivity contribution in [1.29, 1.82) is 10.5 Å². The summed E-state index contributed by atoms with van der Waals surface area (Å²) in [5.74, 6) is 0.401. The first kappa shape index (κ1) is 74.3. The number of allylic oxidation sites excluding steroid dienone is 1. The molecule has 0 saturated carbocycles. The Bertz CT molecular complexity index is 3590. The van der Waals surface area contributed by atoms with Gasteiger partial charge in [0.15, 0.2) is 34.3 Å². The van der Waals surface area contributed by atoms with Crippen molar-refractivity contribution in [2.75, 3.05) is 57.6 Å². The number of carboxylic acid groups (broad SMARTS) is 1. The Labute approximate surface area is 558 Å². The summed E-state index contributed by atoms with van der Waals surface area (Å²) in [6.07, 6.45) is 20.3. The largest absolute Gasteiger partial charge is 0.493 e. The van der Waals surface area contributed by atoms with E-state index in [1.165, 1.54) is 47.7 Å². The zero-order chi connectivity index (χ0) is 67.7. The van der Waals surface area contributed by atoms with Crippen LogP contribution in [0.15, 0.2) is 114 Å². The van der Waals surface area contributed by atoms with Crippen LogP contribution in [0.3, 0.4) is 0 Å². The van der Waals surface area contributed by atoms with Gasteiger partial charge >= 0.3 is 24.0 Å². The maximum atomic E-state index is 13.3. The molecule has 21 heteroatoms. The molecule has 3 aromatic carbocycles. The zero-order valence-electron chi connectivity index (χ0n) is 54.3. The van der Waals surface area contributed by atoms with E-state index in [1.807, 2.05) is 30.4 Å². The number of rotatable bonds is 42. The van der Waals surface area contributed by atoms with Gasteiger partial charge in [0.25, 0.3) is 0 Å². The molecule has 3 heterocycles. The van der Waals surface area contributed by atoms with E-state index in [1.54, 1.807) is 36.5 Å². The lowest BCUT2D eigenvalue weighted by Gasteiger charge is -2.27. The number of carbonyl (C=O) groups is 2. The van der Waals surface area contributed by atoms with Crippen molar-refractivity contribution in [1.82, 2.24) is 0 Å². The molecular formula is C73H83F3N4O12S2. The van der Waals surface area contributed by atoms with Gasteiger partial charge in [-0.05, 0) is 143 Å². The molecule has 0 bridgehead atoms. The average molecular weight is 1330 g/mol. The monoisotopic (exact) mass is 1330 g/mol. The third kappa shape index (κ3) is 21.9. The third-order valence-corrected chi connectivity index (χ3v) is 17.1. The van der Waals surface area contributed by atoms with Gasteiger partial charge in [0, 0.05) is 24.4 Å². The maximum absolute atomic E-state index is 13.3. The molecular weight excluding hydrogens is 1250 g/mol. The minimum absolute atomic E-state index is 0.0205. The van der Waals surface area contributed by atoms with E-state index in [9.17, 15) is 38.4 Å². The van der Waals surface area contributed by atoms with Crippen molar-refractivity contribution in [2.24, 2.45) is 0 Å². The van der Waals surface area contributed by atoms with Crippen LogP contribution in [0.2, 0.25) is 0 Å². The molecule has 1 atom stereocenters. The smallest absolute Gasteiger partial charge is 0.344 e. The molecule has 0 fully saturated rings. The van der Waals surface area contributed by atoms with Crippen LogP contribution >= 0.6 is 22.7 Å². The van der Waals surface area contributed by atoms with Crippen molar-refractivity contribution >= 4 is 70.7 Å². The lowest BCUT2D eigenvalue weighted by Crippen LogP contribution is -2.26. The minimum Gasteiger partial charge on any atom is -0.493 e. The summed E-state index contributed by atoms with van der Waals surface area (Å²) in [6.45, 7) is 24.4. The van der Waals surface area contributed by atoms with Crippen LogP contribution < -0.4 is 28.6 Å². The van der Waals surface area contributed by atoms with E-state index in [2.05, 4.69) is 85.5 Å². The summed E-state index contributed by atoms with van der Waals surface area (Å²) in [5.41, 5.74) is 1.60. The van der Waals surface area contributed by atoms with Crippen LogP contribution in [0.5, 0.6) is 28.7 Å². The number of carbonyl (C=O) groups excluding carboxylic acids is 1. The summed E-state index contributed by atoms with van der Waals surface area (Å²) < 4.78 is 81.1. The van der Waals surface area contributed by atoms with Crippen molar-refractivity contribution in [3.8, 4) is 40.9 Å². The lowest BCUT2D eigenvalue weighted by atomic mass is 9.90. The molecule has 1 unspecified atom stereocenters. The van der Waals surface area contributed by atoms with Crippen molar-refractivity contribution in [2.45, 2.75) is 144 Å². The highest BCUT2D eigenvalue weighted by Gasteiger charge is 2.42. The number of benzene rings is 3. The topological polar surface area (TPSA) is 193 Å². The van der Waals surface area contributed by atoms with Gasteiger partial charge in [-0.2, -0.15) is 23.7 Å². The Kier molecular flexibility index (Phi) is 31.4. The van der Waals surface area contributed by atoms with Crippen molar-refractivity contribution in [3.05, 3.63) is 167 Å². The Morgan fingerprint density at radius 2 is 1.16 bits per heavy atom. The maximum Gasteiger partial charge on any atom is 0.344 e. The SMILES string of the molecule is [C-]#[N+]C1=C(C=Cc2sc(C=Cc3sc(C=Cc4ccc(N(CC)CCCCCCOC(=O)c5ccccc5C(=O)O)cc4)c(OCCCC)c3OCCCC)c(OCCCC)c2OCCCC)C(C)(CCCOOCc2ccc(OC(F)=C(F)F)cc2)OC1=C(C#N)C#N. The number of nitrogens with zero attached hydrogens (tertiary/aromatic N) is 4. The van der Waals surface area contributed by atoms with Gasteiger partial charge in [-0.1, -0.05) is 108 Å². The molecule has 0 radical (unpaired) electrons. The number of aromatic carboxylic acids is 1. The molecule has 16 nitrogen and oxygen atoms in total. The number of halogens is 3. The number of esters is 1. The standard InChI is InChI=1S/C73H83F3N4O12S2/c1-8-13-42-84-65-59(36-30-51-26-31-54(32-27-51)80(12-5)41-21-17-18-22-46-88-72(83)57-25-20-19-24-56(57)71(81)82)93-61(67(65)86-44-15-10-3)38-39-62-68(87-45-16-11-4)66(85-43-14-9-2)60(94-62)37-35-58-63(79-7)64(53(48-77)49-78)92-73(58,6)40-23-47-89-90-50-52-28-33-55(34-29-52)91-70(76)69(74)75/h19-20,24-39H,8-18,21-23,40-47,50H2,1-6H3,(H,81,82). The van der Waals surface area contributed by atoms with E-state index in [-0.39, 0.29) is 60.1 Å². The molecule has 0 amide bonds. The fourth-order valence-corrected chi connectivity index (χ4v) is 11.7. The molecule has 0 saturated heterocycles. The average Bonchev–Trinajstić information content (AvgIpc) is 1.62. The van der Waals surface area contributed by atoms with Gasteiger partial charge in [-0.3, -0.25) is 0 Å². The zero-order valence-corrected chi connectivity index (χ0v) is 56.0. The summed E-state index contributed by atoms with van der Waals surface area (Å²) in [6, 6.07) is 22.0. The Morgan fingerprint density at radius 1 is 0.638 bits per heavy atom. The van der Waals surface area contributed by atoms with E-state index in [4.69, 9.17) is 44.8 Å². The second-order valence-corrected chi connectivity index (χ2v) is 24.1. The van der Waals surface area contributed by atoms with Gasteiger partial charge in [-0.15, -0.1) is 22.7 Å². The van der Waals surface area contributed by atoms with Crippen LogP contribution in [0.1, 0.15) is 183 Å². The van der Waals surface area contributed by atoms with Crippen LogP contribution in [0.4, 0.5) is 18.9 Å². The third-order valence-electron chi connectivity index (χ3n) is 14.9. The van der Waals surface area contributed by atoms with Crippen LogP contribution in [-0.4, -0.2) is 75.4 Å². The summed E-state index contributed by atoms with van der Waals surface area (Å²) in [4.78, 5) is 44.4. The number of hydrogen-bond donors (Lipinski definition) is 1. The van der Waals surface area contributed by atoms with E-state index >= 15 is 0 Å². The first-order chi connectivity index (χ1) is 45.7. The summed E-state index contributed by atoms with van der Waals surface area (Å²) in [7, 11) is 0. The highest BCUT2D eigenvalue weighted by molar-refractivity contribution is 7.15. The van der Waals surface area contributed by atoms with E-state index < -0.39 is 29.6 Å². The number of hydrogen-bond acceptors (Lipinski definition) is 16. The number of thiophene rings is 2. The normalized spacial score (nSPS) is 13.6. The lowest BCUT2D eigenvalue weighted by molar-refractivity contribution is -0.304. The second-order valence-electron chi connectivity index (χ2n) is 22.0. The first-order valence-corrected chi connectivity index (χ1v) is 33.6. The number of anilines is 1. The Hall–Kier alpha value is -8.78. The van der Waals surface area contributed by atoms with Gasteiger partial charge in [0.1, 0.15) is 30.1 Å². The van der Waals surface area contributed by atoms with Crippen molar-refractivity contribution < 1.29 is 70.8 Å². The highest BCUT2D eigenvalue weighted by Crippen LogP contribution is 2.50. The van der Waals surface area contributed by atoms with Crippen LogP contribution in [0, 0.1) is 29.2 Å².